The Kier molecular flexibility index (Phi) is 5.53. The van der Waals surface area contributed by atoms with Crippen LogP contribution in [0.25, 0.3) is 11.0 Å². The highest BCUT2D eigenvalue weighted by molar-refractivity contribution is 7.89. The summed E-state index contributed by atoms with van der Waals surface area (Å²) in [5.41, 5.74) is 3.59. The minimum Gasteiger partial charge on any atom is -0.345 e. The van der Waals surface area contributed by atoms with Crippen molar-refractivity contribution in [3.8, 4) is 0 Å². The molecule has 2 aromatic carbocycles. The number of rotatable bonds is 6. The fourth-order valence-corrected chi connectivity index (χ4v) is 4.09. The van der Waals surface area contributed by atoms with E-state index in [0.29, 0.717) is 5.82 Å². The predicted octanol–water partition coefficient (Wildman–Crippen LogP) is 2.68. The fourth-order valence-electron chi connectivity index (χ4n) is 2.87. The Morgan fingerprint density at radius 3 is 2.57 bits per heavy atom. The number of aryl methyl sites for hydroxylation is 2. The third-order valence-electron chi connectivity index (χ3n) is 4.75. The lowest BCUT2D eigenvalue weighted by atomic mass is 10.1. The Balaban J connectivity index is 1.68. The number of nitrogens with zero attached hydrogens (tertiary/aromatic N) is 2. The molecule has 0 radical (unpaired) electrons. The fraction of sp³-hybridized carbons (Fsp3) is 0.300. The Morgan fingerprint density at radius 2 is 1.89 bits per heavy atom. The van der Waals surface area contributed by atoms with E-state index in [1.807, 2.05) is 38.1 Å². The van der Waals surface area contributed by atoms with Crippen molar-refractivity contribution in [3.05, 3.63) is 59.4 Å². The maximum atomic E-state index is 12.7. The van der Waals surface area contributed by atoms with E-state index in [2.05, 4.69) is 15.3 Å². The highest BCUT2D eigenvalue weighted by Gasteiger charge is 2.24. The van der Waals surface area contributed by atoms with Gasteiger partial charge in [-0.1, -0.05) is 18.2 Å². The minimum atomic E-state index is -3.75. The van der Waals surface area contributed by atoms with E-state index in [9.17, 15) is 13.2 Å². The lowest BCUT2D eigenvalue weighted by Gasteiger charge is -2.19. The second-order valence-corrected chi connectivity index (χ2v) is 8.98. The number of likely N-dealkylation sites (N-methyl/N-ethyl adjacent to an activating group) is 1. The second kappa shape index (κ2) is 7.73. The van der Waals surface area contributed by atoms with Gasteiger partial charge in [0.2, 0.25) is 15.9 Å². The van der Waals surface area contributed by atoms with Crippen LogP contribution in [0.1, 0.15) is 29.9 Å². The number of imidazole rings is 1. The maximum absolute atomic E-state index is 12.7. The molecule has 1 heterocycles. The first-order valence-corrected chi connectivity index (χ1v) is 10.4. The number of carbonyl (C=O) groups excluding carboxylic acids is 1. The molecule has 2 N–H and O–H groups in total. The number of fused-ring (bicyclic) bond motifs is 1. The molecule has 0 bridgehead atoms. The zero-order chi connectivity index (χ0) is 20.5. The number of amides is 1. The smallest absolute Gasteiger partial charge is 0.243 e. The monoisotopic (exact) mass is 400 g/mol. The SMILES string of the molecule is Cc1ccc(S(=O)(=O)N(C)CC(=O)NC(C)c2nc3ccccc3[nH]2)cc1C. The van der Waals surface area contributed by atoms with E-state index in [1.165, 1.54) is 7.05 Å². The zero-order valence-electron chi connectivity index (χ0n) is 16.4. The van der Waals surface area contributed by atoms with Crippen LogP contribution in [0.15, 0.2) is 47.4 Å². The van der Waals surface area contributed by atoms with Crippen LogP contribution in [-0.2, 0) is 14.8 Å². The zero-order valence-corrected chi connectivity index (χ0v) is 17.2. The van der Waals surface area contributed by atoms with E-state index in [0.717, 1.165) is 26.5 Å². The lowest BCUT2D eigenvalue weighted by molar-refractivity contribution is -0.121. The molecule has 1 unspecified atom stereocenters. The third-order valence-corrected chi connectivity index (χ3v) is 6.55. The molecule has 1 atom stereocenters. The van der Waals surface area contributed by atoms with Crippen LogP contribution < -0.4 is 5.32 Å². The molecule has 0 aliphatic rings. The van der Waals surface area contributed by atoms with Gasteiger partial charge in [0, 0.05) is 7.05 Å². The first-order chi connectivity index (χ1) is 13.2. The molecule has 1 aromatic heterocycles. The number of nitrogens with one attached hydrogen (secondary N) is 2. The Labute approximate surface area is 164 Å². The number of H-pyrrole nitrogens is 1. The van der Waals surface area contributed by atoms with E-state index in [4.69, 9.17) is 0 Å². The van der Waals surface area contributed by atoms with Crippen molar-refractivity contribution in [1.29, 1.82) is 0 Å². The molecule has 28 heavy (non-hydrogen) atoms. The van der Waals surface area contributed by atoms with Crippen molar-refractivity contribution >= 4 is 27.0 Å². The first kappa shape index (κ1) is 20.0. The molecular weight excluding hydrogens is 376 g/mol. The summed E-state index contributed by atoms with van der Waals surface area (Å²) in [5, 5.41) is 2.79. The summed E-state index contributed by atoms with van der Waals surface area (Å²) in [7, 11) is -2.35. The summed E-state index contributed by atoms with van der Waals surface area (Å²) in [5.74, 6) is 0.220. The minimum absolute atomic E-state index is 0.177. The van der Waals surface area contributed by atoms with Crippen LogP contribution in [0, 0.1) is 13.8 Å². The van der Waals surface area contributed by atoms with Crippen LogP contribution in [0.4, 0.5) is 0 Å². The molecule has 3 rings (SSSR count). The van der Waals surface area contributed by atoms with Gasteiger partial charge in [0.15, 0.2) is 0 Å². The maximum Gasteiger partial charge on any atom is 0.243 e. The number of carbonyl (C=O) groups is 1. The lowest BCUT2D eigenvalue weighted by Crippen LogP contribution is -2.39. The molecule has 0 saturated heterocycles. The molecule has 0 saturated carbocycles. The quantitative estimate of drug-likeness (QED) is 0.665. The van der Waals surface area contributed by atoms with Crippen LogP contribution in [0.2, 0.25) is 0 Å². The Morgan fingerprint density at radius 1 is 1.18 bits per heavy atom. The van der Waals surface area contributed by atoms with Gasteiger partial charge < -0.3 is 10.3 Å². The van der Waals surface area contributed by atoms with Crippen molar-refractivity contribution in [3.63, 3.8) is 0 Å². The summed E-state index contributed by atoms with van der Waals surface area (Å²) in [6, 6.07) is 12.2. The summed E-state index contributed by atoms with van der Waals surface area (Å²) in [4.78, 5) is 20.2. The predicted molar refractivity (Wildman–Crippen MR) is 108 cm³/mol. The van der Waals surface area contributed by atoms with E-state index in [1.54, 1.807) is 25.1 Å². The Hall–Kier alpha value is -2.71. The summed E-state index contributed by atoms with van der Waals surface area (Å²) < 4.78 is 26.5. The van der Waals surface area contributed by atoms with E-state index < -0.39 is 15.9 Å². The highest BCUT2D eigenvalue weighted by Crippen LogP contribution is 2.19. The van der Waals surface area contributed by atoms with Gasteiger partial charge in [0.1, 0.15) is 5.82 Å². The molecule has 8 heteroatoms. The Bertz CT molecular complexity index is 1090. The van der Waals surface area contributed by atoms with Crippen molar-refractivity contribution in [1.82, 2.24) is 19.6 Å². The largest absolute Gasteiger partial charge is 0.345 e. The van der Waals surface area contributed by atoms with Gasteiger partial charge in [-0.3, -0.25) is 4.79 Å². The van der Waals surface area contributed by atoms with Crippen LogP contribution >= 0.6 is 0 Å². The molecule has 0 spiro atoms. The molecule has 3 aromatic rings. The molecular formula is C20H24N4O3S. The van der Waals surface area contributed by atoms with Crippen LogP contribution in [0.3, 0.4) is 0 Å². The molecule has 1 amide bonds. The first-order valence-electron chi connectivity index (χ1n) is 8.96. The number of aromatic nitrogens is 2. The number of para-hydroxylation sites is 2. The number of hydrogen-bond acceptors (Lipinski definition) is 4. The van der Waals surface area contributed by atoms with Gasteiger partial charge in [-0.2, -0.15) is 4.31 Å². The topological polar surface area (TPSA) is 95.2 Å². The summed E-state index contributed by atoms with van der Waals surface area (Å²) in [6.45, 7) is 5.30. The average molecular weight is 401 g/mol. The van der Waals surface area contributed by atoms with E-state index in [-0.39, 0.29) is 17.5 Å². The van der Waals surface area contributed by atoms with Crippen molar-refractivity contribution in [2.75, 3.05) is 13.6 Å². The highest BCUT2D eigenvalue weighted by atomic mass is 32.2. The van der Waals surface area contributed by atoms with Gasteiger partial charge in [0.25, 0.3) is 0 Å². The standard InChI is InChI=1S/C20H24N4O3S/c1-13-9-10-16(11-14(13)2)28(26,27)24(4)12-19(25)21-15(3)20-22-17-7-5-6-8-18(17)23-20/h5-11,15H,12H2,1-4H3,(H,21,25)(H,22,23). The van der Waals surface area contributed by atoms with Crippen molar-refractivity contribution < 1.29 is 13.2 Å². The third kappa shape index (κ3) is 4.07. The van der Waals surface area contributed by atoms with Crippen LogP contribution in [-0.4, -0.2) is 42.2 Å². The van der Waals surface area contributed by atoms with Gasteiger partial charge >= 0.3 is 0 Å². The van der Waals surface area contributed by atoms with Gasteiger partial charge in [-0.25, -0.2) is 13.4 Å². The van der Waals surface area contributed by atoms with Gasteiger partial charge in [-0.15, -0.1) is 0 Å². The normalized spacial score (nSPS) is 13.0. The second-order valence-electron chi connectivity index (χ2n) is 6.94. The van der Waals surface area contributed by atoms with Gasteiger partial charge in [0.05, 0.1) is 28.5 Å². The summed E-state index contributed by atoms with van der Waals surface area (Å²) >= 11 is 0. The van der Waals surface area contributed by atoms with Crippen molar-refractivity contribution in [2.24, 2.45) is 0 Å². The van der Waals surface area contributed by atoms with Crippen LogP contribution in [0.5, 0.6) is 0 Å². The van der Waals surface area contributed by atoms with Crippen molar-refractivity contribution in [2.45, 2.75) is 31.7 Å². The molecule has 0 fully saturated rings. The van der Waals surface area contributed by atoms with E-state index >= 15 is 0 Å². The molecule has 7 nitrogen and oxygen atoms in total. The molecule has 0 aliphatic carbocycles. The number of sulfonamides is 1. The number of aromatic amines is 1. The summed E-state index contributed by atoms with van der Waals surface area (Å²) in [6.07, 6.45) is 0. The number of benzene rings is 2. The molecule has 0 aliphatic heterocycles. The number of hydrogen-bond donors (Lipinski definition) is 2. The average Bonchev–Trinajstić information content (AvgIpc) is 3.08. The van der Waals surface area contributed by atoms with Gasteiger partial charge in [-0.05, 0) is 56.2 Å². The molecule has 148 valence electrons.